The van der Waals surface area contributed by atoms with Crippen LogP contribution in [0, 0.1) is 10.1 Å². The highest BCUT2D eigenvalue weighted by Crippen LogP contribution is 2.21. The number of nitrogens with one attached hydrogen (secondary N) is 1. The van der Waals surface area contributed by atoms with Crippen LogP contribution in [0.25, 0.3) is 10.9 Å². The number of nitrogens with zero attached hydrogens (tertiary/aromatic N) is 2. The van der Waals surface area contributed by atoms with Gasteiger partial charge in [0.25, 0.3) is 5.69 Å². The first-order valence-electron chi connectivity index (χ1n) is 3.94. The van der Waals surface area contributed by atoms with Gasteiger partial charge in [-0.15, -0.1) is 0 Å². The Morgan fingerprint density at radius 1 is 1.57 bits per heavy atom. The van der Waals surface area contributed by atoms with Gasteiger partial charge >= 0.3 is 0 Å². The average molecular weight is 193 g/mol. The van der Waals surface area contributed by atoms with Crippen molar-refractivity contribution in [3.8, 4) is 0 Å². The maximum absolute atomic E-state index is 10.5. The molecule has 1 aromatic carbocycles. The van der Waals surface area contributed by atoms with Crippen LogP contribution in [0.5, 0.6) is 0 Å². The molecule has 0 atom stereocenters. The molecule has 1 aromatic heterocycles. The van der Waals surface area contributed by atoms with E-state index in [4.69, 9.17) is 5.11 Å². The number of aromatic amines is 1. The minimum absolute atomic E-state index is 0.00593. The van der Waals surface area contributed by atoms with E-state index in [0.717, 1.165) is 0 Å². The van der Waals surface area contributed by atoms with Crippen molar-refractivity contribution in [2.75, 3.05) is 0 Å². The van der Waals surface area contributed by atoms with E-state index in [9.17, 15) is 10.1 Å². The zero-order chi connectivity index (χ0) is 10.1. The van der Waals surface area contributed by atoms with Gasteiger partial charge in [0.05, 0.1) is 22.7 Å². The molecule has 0 amide bonds. The van der Waals surface area contributed by atoms with Gasteiger partial charge in [-0.3, -0.25) is 15.2 Å². The van der Waals surface area contributed by atoms with Crippen molar-refractivity contribution in [3.05, 3.63) is 34.0 Å². The Hall–Kier alpha value is -1.95. The molecule has 0 fully saturated rings. The Balaban J connectivity index is 2.67. The fourth-order valence-electron chi connectivity index (χ4n) is 1.29. The summed E-state index contributed by atoms with van der Waals surface area (Å²) in [6.07, 6.45) is 0. The number of aromatic nitrogens is 2. The second-order valence-corrected chi connectivity index (χ2v) is 2.82. The summed E-state index contributed by atoms with van der Waals surface area (Å²) < 4.78 is 0. The number of non-ortho nitro benzene ring substituents is 1. The van der Waals surface area contributed by atoms with Gasteiger partial charge in [-0.2, -0.15) is 5.10 Å². The second-order valence-electron chi connectivity index (χ2n) is 2.82. The summed E-state index contributed by atoms with van der Waals surface area (Å²) in [5.74, 6) is 0. The van der Waals surface area contributed by atoms with Gasteiger partial charge in [-0.1, -0.05) is 0 Å². The second kappa shape index (κ2) is 3.08. The van der Waals surface area contributed by atoms with Gasteiger partial charge in [0.2, 0.25) is 0 Å². The Morgan fingerprint density at radius 3 is 3.00 bits per heavy atom. The fourth-order valence-corrected chi connectivity index (χ4v) is 1.29. The molecule has 2 aromatic rings. The lowest BCUT2D eigenvalue weighted by Gasteiger charge is -1.92. The number of nitro groups is 1. The van der Waals surface area contributed by atoms with Crippen LogP contribution in [0.3, 0.4) is 0 Å². The molecule has 0 bridgehead atoms. The van der Waals surface area contributed by atoms with E-state index in [2.05, 4.69) is 10.2 Å². The van der Waals surface area contributed by atoms with Crippen LogP contribution >= 0.6 is 0 Å². The summed E-state index contributed by atoms with van der Waals surface area (Å²) in [5, 5.41) is 26.5. The lowest BCUT2D eigenvalue weighted by atomic mass is 10.2. The van der Waals surface area contributed by atoms with Crippen molar-refractivity contribution in [1.82, 2.24) is 10.2 Å². The van der Waals surface area contributed by atoms with Crippen LogP contribution in [0.4, 0.5) is 5.69 Å². The topological polar surface area (TPSA) is 92.0 Å². The Morgan fingerprint density at radius 2 is 2.36 bits per heavy atom. The monoisotopic (exact) mass is 193 g/mol. The lowest BCUT2D eigenvalue weighted by molar-refractivity contribution is -0.384. The van der Waals surface area contributed by atoms with E-state index in [1.54, 1.807) is 6.07 Å². The molecule has 0 spiro atoms. The normalized spacial score (nSPS) is 10.6. The maximum atomic E-state index is 10.5. The fraction of sp³-hybridized carbons (Fsp3) is 0.125. The third-order valence-corrected chi connectivity index (χ3v) is 1.99. The molecular weight excluding hydrogens is 186 g/mol. The molecular formula is C8H7N3O3. The summed E-state index contributed by atoms with van der Waals surface area (Å²) in [7, 11) is 0. The molecule has 2 N–H and O–H groups in total. The molecule has 0 aliphatic heterocycles. The first-order chi connectivity index (χ1) is 6.72. The number of H-pyrrole nitrogens is 1. The first-order valence-corrected chi connectivity index (χ1v) is 3.94. The highest BCUT2D eigenvalue weighted by molar-refractivity contribution is 5.83. The third kappa shape index (κ3) is 1.21. The molecule has 0 saturated carbocycles. The molecule has 2 rings (SSSR count). The summed E-state index contributed by atoms with van der Waals surface area (Å²) in [4.78, 5) is 10.00. The number of hydrogen-bond acceptors (Lipinski definition) is 4. The van der Waals surface area contributed by atoms with Crippen LogP contribution in [0.2, 0.25) is 0 Å². The number of aliphatic hydroxyl groups is 1. The molecule has 0 radical (unpaired) electrons. The molecule has 14 heavy (non-hydrogen) atoms. The van der Waals surface area contributed by atoms with Gasteiger partial charge in [-0.25, -0.2) is 0 Å². The molecule has 0 aliphatic carbocycles. The van der Waals surface area contributed by atoms with Crippen molar-refractivity contribution < 1.29 is 10.0 Å². The Labute approximate surface area is 78.3 Å². The highest BCUT2D eigenvalue weighted by Gasteiger charge is 2.10. The van der Waals surface area contributed by atoms with Crippen molar-refractivity contribution in [2.24, 2.45) is 0 Å². The van der Waals surface area contributed by atoms with E-state index < -0.39 is 4.92 Å². The predicted octanol–water partition coefficient (Wildman–Crippen LogP) is 0.963. The van der Waals surface area contributed by atoms with E-state index >= 15 is 0 Å². The zero-order valence-electron chi connectivity index (χ0n) is 7.10. The standard InChI is InChI=1S/C8H7N3O3/c12-4-8-6-3-5(11(13)14)1-2-7(6)9-10-8/h1-3,12H,4H2,(H,9,10). The molecule has 1 heterocycles. The number of benzene rings is 1. The van der Waals surface area contributed by atoms with Crippen LogP contribution in [0.1, 0.15) is 5.69 Å². The SMILES string of the molecule is O=[N+]([O-])c1ccc2n[nH]c(CO)c2c1. The summed E-state index contributed by atoms with van der Waals surface area (Å²) >= 11 is 0. The number of fused-ring (bicyclic) bond motifs is 1. The van der Waals surface area contributed by atoms with Crippen LogP contribution in [-0.4, -0.2) is 20.2 Å². The molecule has 0 saturated heterocycles. The molecule has 0 unspecified atom stereocenters. The van der Waals surface area contributed by atoms with Crippen molar-refractivity contribution >= 4 is 16.6 Å². The van der Waals surface area contributed by atoms with Gasteiger partial charge in [0, 0.05) is 17.5 Å². The quantitative estimate of drug-likeness (QED) is 0.548. The predicted molar refractivity (Wildman–Crippen MR) is 48.7 cm³/mol. The average Bonchev–Trinajstić information content (AvgIpc) is 2.59. The number of rotatable bonds is 2. The lowest BCUT2D eigenvalue weighted by Crippen LogP contribution is -1.88. The van der Waals surface area contributed by atoms with E-state index in [1.165, 1.54) is 12.1 Å². The molecule has 72 valence electrons. The Kier molecular flexibility index (Phi) is 1.90. The molecule has 6 heteroatoms. The van der Waals surface area contributed by atoms with Crippen molar-refractivity contribution in [3.63, 3.8) is 0 Å². The van der Waals surface area contributed by atoms with E-state index in [-0.39, 0.29) is 12.3 Å². The Bertz CT molecular complexity index is 492. The van der Waals surface area contributed by atoms with Crippen LogP contribution < -0.4 is 0 Å². The molecule has 0 aliphatic rings. The van der Waals surface area contributed by atoms with Gasteiger partial charge in [0.15, 0.2) is 0 Å². The van der Waals surface area contributed by atoms with Gasteiger partial charge in [-0.05, 0) is 6.07 Å². The van der Waals surface area contributed by atoms with Gasteiger partial charge < -0.3 is 5.11 Å². The maximum Gasteiger partial charge on any atom is 0.270 e. The number of hydrogen-bond donors (Lipinski definition) is 2. The first kappa shape index (κ1) is 8.64. The smallest absolute Gasteiger partial charge is 0.270 e. The third-order valence-electron chi connectivity index (χ3n) is 1.99. The van der Waals surface area contributed by atoms with E-state index in [0.29, 0.717) is 16.6 Å². The summed E-state index contributed by atoms with van der Waals surface area (Å²) in [5.41, 5.74) is 1.09. The van der Waals surface area contributed by atoms with Crippen molar-refractivity contribution in [2.45, 2.75) is 6.61 Å². The minimum Gasteiger partial charge on any atom is -0.390 e. The van der Waals surface area contributed by atoms with Crippen molar-refractivity contribution in [1.29, 1.82) is 0 Å². The number of nitro benzene ring substituents is 1. The summed E-state index contributed by atoms with van der Waals surface area (Å²) in [6.45, 7) is -0.211. The van der Waals surface area contributed by atoms with E-state index in [1.807, 2.05) is 0 Å². The van der Waals surface area contributed by atoms with Crippen LogP contribution in [-0.2, 0) is 6.61 Å². The van der Waals surface area contributed by atoms with Crippen LogP contribution in [0.15, 0.2) is 18.2 Å². The van der Waals surface area contributed by atoms with Gasteiger partial charge in [0.1, 0.15) is 0 Å². The highest BCUT2D eigenvalue weighted by atomic mass is 16.6. The minimum atomic E-state index is -0.479. The number of aliphatic hydroxyl groups excluding tert-OH is 1. The largest absolute Gasteiger partial charge is 0.390 e. The zero-order valence-corrected chi connectivity index (χ0v) is 7.10. The molecule has 6 nitrogen and oxygen atoms in total. The summed E-state index contributed by atoms with van der Waals surface area (Å²) in [6, 6.07) is 4.32.